The Labute approximate surface area is 157 Å². The Hall–Kier alpha value is -1.63. The SMILES string of the molecule is Cl.O=C(c1cn(C2CCNCC2)nn1)N1CCc2c(Cl)cccc2C1. The van der Waals surface area contributed by atoms with Gasteiger partial charge >= 0.3 is 0 Å². The van der Waals surface area contributed by atoms with E-state index >= 15 is 0 Å². The normalized spacial score (nSPS) is 17.7. The van der Waals surface area contributed by atoms with E-state index in [4.69, 9.17) is 11.6 Å². The summed E-state index contributed by atoms with van der Waals surface area (Å²) in [6.07, 6.45) is 4.62. The Bertz CT molecular complexity index is 757. The highest BCUT2D eigenvalue weighted by Crippen LogP contribution is 2.26. The molecular weight excluding hydrogens is 361 g/mol. The van der Waals surface area contributed by atoms with Gasteiger partial charge in [-0.05, 0) is 49.5 Å². The minimum Gasteiger partial charge on any atom is -0.333 e. The van der Waals surface area contributed by atoms with E-state index in [1.165, 1.54) is 0 Å². The Morgan fingerprint density at radius 1 is 1.28 bits per heavy atom. The van der Waals surface area contributed by atoms with Gasteiger partial charge in [0.1, 0.15) is 0 Å². The first-order chi connectivity index (χ1) is 11.7. The van der Waals surface area contributed by atoms with E-state index in [1.54, 1.807) is 6.20 Å². The van der Waals surface area contributed by atoms with Crippen molar-refractivity contribution < 1.29 is 4.79 Å². The number of hydrogen-bond acceptors (Lipinski definition) is 4. The lowest BCUT2D eigenvalue weighted by Gasteiger charge is -2.28. The first kappa shape index (κ1) is 18.2. The number of carbonyl (C=O) groups is 1. The second kappa shape index (κ2) is 7.72. The van der Waals surface area contributed by atoms with E-state index in [9.17, 15) is 4.79 Å². The summed E-state index contributed by atoms with van der Waals surface area (Å²) in [4.78, 5) is 14.6. The van der Waals surface area contributed by atoms with Crippen molar-refractivity contribution in [1.82, 2.24) is 25.2 Å². The van der Waals surface area contributed by atoms with Crippen LogP contribution in [0.15, 0.2) is 24.4 Å². The van der Waals surface area contributed by atoms with Crippen LogP contribution in [0.3, 0.4) is 0 Å². The third kappa shape index (κ3) is 3.66. The van der Waals surface area contributed by atoms with Gasteiger partial charge < -0.3 is 10.2 Å². The summed E-state index contributed by atoms with van der Waals surface area (Å²) in [7, 11) is 0. The number of fused-ring (bicyclic) bond motifs is 1. The van der Waals surface area contributed by atoms with E-state index in [2.05, 4.69) is 15.6 Å². The van der Waals surface area contributed by atoms with Gasteiger partial charge in [-0.1, -0.05) is 28.9 Å². The van der Waals surface area contributed by atoms with Gasteiger partial charge in [0.2, 0.25) is 0 Å². The molecule has 2 aromatic rings. The highest BCUT2D eigenvalue weighted by molar-refractivity contribution is 6.31. The quantitative estimate of drug-likeness (QED) is 0.867. The fourth-order valence-corrected chi connectivity index (χ4v) is 3.81. The number of nitrogens with zero attached hydrogens (tertiary/aromatic N) is 4. The van der Waals surface area contributed by atoms with Gasteiger partial charge in [0.05, 0.1) is 12.2 Å². The molecule has 0 aliphatic carbocycles. The van der Waals surface area contributed by atoms with Crippen molar-refractivity contribution in [3.05, 3.63) is 46.2 Å². The summed E-state index contributed by atoms with van der Waals surface area (Å²) < 4.78 is 1.85. The molecule has 1 fully saturated rings. The van der Waals surface area contributed by atoms with E-state index in [0.29, 0.717) is 24.8 Å². The van der Waals surface area contributed by atoms with Crippen molar-refractivity contribution in [2.24, 2.45) is 0 Å². The van der Waals surface area contributed by atoms with E-state index in [-0.39, 0.29) is 18.3 Å². The number of aromatic nitrogens is 3. The number of nitrogens with one attached hydrogen (secondary N) is 1. The van der Waals surface area contributed by atoms with Crippen molar-refractivity contribution in [3.63, 3.8) is 0 Å². The molecule has 6 nitrogen and oxygen atoms in total. The van der Waals surface area contributed by atoms with E-state index < -0.39 is 0 Å². The Balaban J connectivity index is 0.00000182. The molecule has 0 radical (unpaired) electrons. The van der Waals surface area contributed by atoms with E-state index in [0.717, 1.165) is 48.5 Å². The van der Waals surface area contributed by atoms with Crippen LogP contribution in [-0.4, -0.2) is 45.4 Å². The van der Waals surface area contributed by atoms with Gasteiger partial charge in [-0.25, -0.2) is 4.68 Å². The lowest BCUT2D eigenvalue weighted by Crippen LogP contribution is -2.36. The molecule has 1 saturated heterocycles. The predicted octanol–water partition coefficient (Wildman–Crippen LogP) is 2.48. The molecule has 1 aromatic heterocycles. The predicted molar refractivity (Wildman–Crippen MR) is 98.3 cm³/mol. The first-order valence-corrected chi connectivity index (χ1v) is 8.78. The molecule has 25 heavy (non-hydrogen) atoms. The Morgan fingerprint density at radius 2 is 2.08 bits per heavy atom. The molecule has 1 N–H and O–H groups in total. The van der Waals surface area contributed by atoms with Crippen LogP contribution in [0.25, 0.3) is 0 Å². The third-order valence-corrected chi connectivity index (χ3v) is 5.26. The number of halogens is 2. The summed E-state index contributed by atoms with van der Waals surface area (Å²) in [5, 5.41) is 12.4. The van der Waals surface area contributed by atoms with Crippen LogP contribution in [0.1, 0.15) is 40.5 Å². The summed E-state index contributed by atoms with van der Waals surface area (Å²) in [5.41, 5.74) is 2.70. The van der Waals surface area contributed by atoms with Crippen LogP contribution in [0.4, 0.5) is 0 Å². The minimum absolute atomic E-state index is 0. The van der Waals surface area contributed by atoms with Crippen molar-refractivity contribution in [1.29, 1.82) is 0 Å². The van der Waals surface area contributed by atoms with Crippen molar-refractivity contribution in [3.8, 4) is 0 Å². The smallest absolute Gasteiger partial charge is 0.276 e. The Kier molecular flexibility index (Phi) is 5.61. The lowest BCUT2D eigenvalue weighted by molar-refractivity contribution is 0.0728. The van der Waals surface area contributed by atoms with Gasteiger partial charge in [-0.2, -0.15) is 0 Å². The van der Waals surface area contributed by atoms with Crippen LogP contribution in [0, 0.1) is 0 Å². The maximum atomic E-state index is 12.8. The van der Waals surface area contributed by atoms with Gasteiger partial charge in [0, 0.05) is 18.1 Å². The molecule has 2 aliphatic heterocycles. The third-order valence-electron chi connectivity index (χ3n) is 4.91. The van der Waals surface area contributed by atoms with Gasteiger partial charge in [-0.3, -0.25) is 4.79 Å². The molecule has 8 heteroatoms. The van der Waals surface area contributed by atoms with Crippen molar-refractivity contribution >= 4 is 29.9 Å². The maximum Gasteiger partial charge on any atom is 0.276 e. The molecule has 1 aromatic carbocycles. The zero-order chi connectivity index (χ0) is 16.5. The molecule has 0 atom stereocenters. The van der Waals surface area contributed by atoms with Crippen LogP contribution < -0.4 is 5.32 Å². The molecule has 3 heterocycles. The highest BCUT2D eigenvalue weighted by Gasteiger charge is 2.26. The topological polar surface area (TPSA) is 63.1 Å². The van der Waals surface area contributed by atoms with Crippen molar-refractivity contribution in [2.75, 3.05) is 19.6 Å². The first-order valence-electron chi connectivity index (χ1n) is 8.40. The fraction of sp³-hybridized carbons (Fsp3) is 0.471. The van der Waals surface area contributed by atoms with Crippen LogP contribution in [0.5, 0.6) is 0 Å². The molecular formula is C17H21Cl2N5O. The minimum atomic E-state index is -0.0548. The molecule has 1 amide bonds. The lowest BCUT2D eigenvalue weighted by atomic mass is 9.99. The second-order valence-corrected chi connectivity index (χ2v) is 6.83. The average Bonchev–Trinajstić information content (AvgIpc) is 3.12. The number of carbonyl (C=O) groups excluding carboxylic acids is 1. The summed E-state index contributed by atoms with van der Waals surface area (Å²) >= 11 is 6.24. The van der Waals surface area contributed by atoms with Gasteiger partial charge in [0.15, 0.2) is 5.69 Å². The van der Waals surface area contributed by atoms with Crippen molar-refractivity contribution in [2.45, 2.75) is 31.8 Å². The zero-order valence-corrected chi connectivity index (χ0v) is 15.4. The highest BCUT2D eigenvalue weighted by atomic mass is 35.5. The second-order valence-electron chi connectivity index (χ2n) is 6.42. The molecule has 4 rings (SSSR count). The average molecular weight is 382 g/mol. The monoisotopic (exact) mass is 381 g/mol. The van der Waals surface area contributed by atoms with Crippen LogP contribution in [-0.2, 0) is 13.0 Å². The number of rotatable bonds is 2. The molecule has 0 unspecified atom stereocenters. The molecule has 0 saturated carbocycles. The number of benzene rings is 1. The molecule has 0 bridgehead atoms. The maximum absolute atomic E-state index is 12.8. The van der Waals surface area contributed by atoms with Crippen LogP contribution in [0.2, 0.25) is 5.02 Å². The standard InChI is InChI=1S/C17H20ClN5O.ClH/c18-15-3-1-2-12-10-22(9-6-14(12)15)17(24)16-11-23(21-20-16)13-4-7-19-8-5-13;/h1-3,11,13,19H,4-10H2;1H. The number of hydrogen-bond donors (Lipinski definition) is 1. The summed E-state index contributed by atoms with van der Waals surface area (Å²) in [6.45, 7) is 3.21. The molecule has 2 aliphatic rings. The van der Waals surface area contributed by atoms with E-state index in [1.807, 2.05) is 27.8 Å². The van der Waals surface area contributed by atoms with Gasteiger partial charge in [-0.15, -0.1) is 17.5 Å². The largest absolute Gasteiger partial charge is 0.333 e. The van der Waals surface area contributed by atoms with Gasteiger partial charge in [0.25, 0.3) is 5.91 Å². The number of piperidine rings is 1. The summed E-state index contributed by atoms with van der Waals surface area (Å²) in [5.74, 6) is -0.0548. The zero-order valence-electron chi connectivity index (χ0n) is 13.8. The fourth-order valence-electron chi connectivity index (χ4n) is 3.52. The summed E-state index contributed by atoms with van der Waals surface area (Å²) in [6, 6.07) is 6.21. The molecule has 0 spiro atoms. The van der Waals surface area contributed by atoms with Crippen LogP contribution >= 0.6 is 24.0 Å². The molecule has 134 valence electrons. The Morgan fingerprint density at radius 3 is 2.88 bits per heavy atom. The number of amides is 1.